The normalized spacial score (nSPS) is 11.5. The highest BCUT2D eigenvalue weighted by Gasteiger charge is 2.19. The summed E-state index contributed by atoms with van der Waals surface area (Å²) in [5, 5.41) is 4.10. The van der Waals surface area contributed by atoms with Crippen LogP contribution < -0.4 is 0 Å². The van der Waals surface area contributed by atoms with Crippen molar-refractivity contribution in [3.05, 3.63) is 54.2 Å². The minimum Gasteiger partial charge on any atom is -0.259 e. The van der Waals surface area contributed by atoms with E-state index in [1.807, 2.05) is 0 Å². The summed E-state index contributed by atoms with van der Waals surface area (Å²) in [4.78, 5) is 11.9. The van der Waals surface area contributed by atoms with Gasteiger partial charge in [0.2, 0.25) is 5.82 Å². The summed E-state index contributed by atoms with van der Waals surface area (Å²) < 4.78 is 25.5. The minimum absolute atomic E-state index is 0.124. The fourth-order valence-corrected chi connectivity index (χ4v) is 2.85. The van der Waals surface area contributed by atoms with Gasteiger partial charge in [-0.25, -0.2) is 9.97 Å². The molecule has 1 aromatic carbocycles. The van der Waals surface area contributed by atoms with Crippen LogP contribution in [-0.2, 0) is 10.0 Å². The van der Waals surface area contributed by atoms with E-state index in [-0.39, 0.29) is 15.9 Å². The molecule has 0 saturated heterocycles. The number of nitrogens with zero attached hydrogens (tertiary/aromatic N) is 5. The van der Waals surface area contributed by atoms with Crippen LogP contribution in [0.5, 0.6) is 0 Å². The Morgan fingerprint density at radius 2 is 1.86 bits per heavy atom. The molecule has 0 N–H and O–H groups in total. The second-order valence-electron chi connectivity index (χ2n) is 3.99. The molecule has 0 aliphatic heterocycles. The van der Waals surface area contributed by atoms with Crippen LogP contribution >= 0.6 is 11.6 Å². The first-order valence-electron chi connectivity index (χ1n) is 5.77. The molecule has 0 atom stereocenters. The molecule has 3 rings (SSSR count). The van der Waals surface area contributed by atoms with Crippen molar-refractivity contribution in [1.29, 1.82) is 0 Å². The zero-order valence-corrected chi connectivity index (χ0v) is 12.0. The summed E-state index contributed by atoms with van der Waals surface area (Å²) >= 11 is 5.73. The first-order valence-corrected chi connectivity index (χ1v) is 7.59. The standard InChI is InChI=1S/C12H8ClN5O2S/c13-11-7-14-6-10(16-11)12-15-8-18(17-12)21(19,20)9-4-2-1-3-5-9/h1-8H. The Bertz CT molecular complexity index is 879. The van der Waals surface area contributed by atoms with Gasteiger partial charge in [0.05, 0.1) is 17.3 Å². The van der Waals surface area contributed by atoms with Crippen molar-refractivity contribution in [2.45, 2.75) is 4.90 Å². The largest absolute Gasteiger partial charge is 0.284 e. The summed E-state index contributed by atoms with van der Waals surface area (Å²) in [5.74, 6) is 0.129. The van der Waals surface area contributed by atoms with Gasteiger partial charge in [0.1, 0.15) is 17.2 Å². The van der Waals surface area contributed by atoms with Gasteiger partial charge in [-0.3, -0.25) is 4.98 Å². The summed E-state index contributed by atoms with van der Waals surface area (Å²) in [7, 11) is -3.77. The molecule has 0 fully saturated rings. The smallest absolute Gasteiger partial charge is 0.259 e. The van der Waals surface area contributed by atoms with Gasteiger partial charge in [-0.1, -0.05) is 29.8 Å². The lowest BCUT2D eigenvalue weighted by molar-refractivity contribution is 0.580. The first-order chi connectivity index (χ1) is 10.1. The van der Waals surface area contributed by atoms with Crippen LogP contribution in [-0.4, -0.2) is 32.6 Å². The van der Waals surface area contributed by atoms with Gasteiger partial charge in [-0.15, -0.1) is 9.19 Å². The monoisotopic (exact) mass is 321 g/mol. The zero-order valence-electron chi connectivity index (χ0n) is 10.5. The fraction of sp³-hybridized carbons (Fsp3) is 0. The number of aromatic nitrogens is 5. The molecule has 0 spiro atoms. The second kappa shape index (κ2) is 5.23. The Balaban J connectivity index is 2.03. The maximum Gasteiger partial charge on any atom is 0.284 e. The Kier molecular flexibility index (Phi) is 3.40. The van der Waals surface area contributed by atoms with Crippen molar-refractivity contribution in [2.75, 3.05) is 0 Å². The molecule has 106 valence electrons. The van der Waals surface area contributed by atoms with E-state index >= 15 is 0 Å². The Morgan fingerprint density at radius 3 is 2.57 bits per heavy atom. The van der Waals surface area contributed by atoms with Crippen molar-refractivity contribution in [1.82, 2.24) is 24.1 Å². The summed E-state index contributed by atoms with van der Waals surface area (Å²) in [5.41, 5.74) is 0.296. The van der Waals surface area contributed by atoms with Crippen LogP contribution in [0.2, 0.25) is 5.15 Å². The summed E-state index contributed by atoms with van der Waals surface area (Å²) in [6, 6.07) is 7.96. The van der Waals surface area contributed by atoms with E-state index in [4.69, 9.17) is 11.6 Å². The lowest BCUT2D eigenvalue weighted by atomic mass is 10.4. The van der Waals surface area contributed by atoms with Crippen LogP contribution in [0.4, 0.5) is 0 Å². The van der Waals surface area contributed by atoms with Gasteiger partial charge in [0.25, 0.3) is 10.0 Å². The van der Waals surface area contributed by atoms with Crippen molar-refractivity contribution in [3.8, 4) is 11.5 Å². The van der Waals surface area contributed by atoms with Gasteiger partial charge < -0.3 is 0 Å². The van der Waals surface area contributed by atoms with Crippen LogP contribution in [0.25, 0.3) is 11.5 Å². The molecule has 0 saturated carbocycles. The molecule has 9 heteroatoms. The fourth-order valence-electron chi connectivity index (χ4n) is 1.63. The Morgan fingerprint density at radius 1 is 1.10 bits per heavy atom. The zero-order chi connectivity index (χ0) is 14.9. The molecule has 7 nitrogen and oxygen atoms in total. The third kappa shape index (κ3) is 2.63. The molecule has 0 unspecified atom stereocenters. The molecule has 0 bridgehead atoms. The SMILES string of the molecule is O=S(=O)(c1ccccc1)n1cnc(-c2cncc(Cl)n2)n1. The van der Waals surface area contributed by atoms with Crippen molar-refractivity contribution in [2.24, 2.45) is 0 Å². The van der Waals surface area contributed by atoms with Crippen molar-refractivity contribution in [3.63, 3.8) is 0 Å². The van der Waals surface area contributed by atoms with Crippen molar-refractivity contribution < 1.29 is 8.42 Å². The highest BCUT2D eigenvalue weighted by Crippen LogP contribution is 2.16. The Labute approximate surface area is 125 Å². The van der Waals surface area contributed by atoms with E-state index in [0.717, 1.165) is 10.4 Å². The molecular weight excluding hydrogens is 314 g/mol. The van der Waals surface area contributed by atoms with E-state index in [1.54, 1.807) is 18.2 Å². The third-order valence-electron chi connectivity index (χ3n) is 2.59. The van der Waals surface area contributed by atoms with Crippen LogP contribution in [0.15, 0.2) is 53.9 Å². The van der Waals surface area contributed by atoms with Crippen molar-refractivity contribution >= 4 is 21.6 Å². The summed E-state index contributed by atoms with van der Waals surface area (Å²) in [6.07, 6.45) is 3.88. The highest BCUT2D eigenvalue weighted by molar-refractivity contribution is 7.89. The quantitative estimate of drug-likeness (QED) is 0.728. The highest BCUT2D eigenvalue weighted by atomic mass is 35.5. The molecule has 21 heavy (non-hydrogen) atoms. The first kappa shape index (κ1) is 13.7. The number of rotatable bonds is 3. The van der Waals surface area contributed by atoms with E-state index < -0.39 is 10.0 Å². The van der Waals surface area contributed by atoms with E-state index in [1.165, 1.54) is 24.5 Å². The molecule has 2 aromatic heterocycles. The molecule has 0 aliphatic carbocycles. The number of hydrogen-bond acceptors (Lipinski definition) is 6. The topological polar surface area (TPSA) is 90.6 Å². The average molecular weight is 322 g/mol. The minimum atomic E-state index is -3.77. The number of halogens is 1. The maximum atomic E-state index is 12.3. The van der Waals surface area contributed by atoms with E-state index in [0.29, 0.717) is 5.69 Å². The molecule has 0 aliphatic rings. The van der Waals surface area contributed by atoms with Crippen LogP contribution in [0.1, 0.15) is 0 Å². The third-order valence-corrected chi connectivity index (χ3v) is 4.31. The molecule has 0 amide bonds. The molecular formula is C12H8ClN5O2S. The second-order valence-corrected chi connectivity index (χ2v) is 6.17. The molecule has 3 aromatic rings. The van der Waals surface area contributed by atoms with E-state index in [9.17, 15) is 8.42 Å². The van der Waals surface area contributed by atoms with Gasteiger partial charge in [0.15, 0.2) is 0 Å². The van der Waals surface area contributed by atoms with Crippen LogP contribution in [0.3, 0.4) is 0 Å². The predicted octanol–water partition coefficient (Wildman–Crippen LogP) is 1.63. The van der Waals surface area contributed by atoms with Gasteiger partial charge in [-0.05, 0) is 12.1 Å². The number of benzene rings is 1. The Hall–Kier alpha value is -2.32. The van der Waals surface area contributed by atoms with Gasteiger partial charge in [0, 0.05) is 0 Å². The lowest BCUT2D eigenvalue weighted by Crippen LogP contribution is -2.13. The predicted molar refractivity (Wildman–Crippen MR) is 75.1 cm³/mol. The average Bonchev–Trinajstić information content (AvgIpc) is 2.99. The summed E-state index contributed by atoms with van der Waals surface area (Å²) in [6.45, 7) is 0. The van der Waals surface area contributed by atoms with Gasteiger partial charge >= 0.3 is 0 Å². The van der Waals surface area contributed by atoms with Crippen LogP contribution in [0, 0.1) is 0 Å². The van der Waals surface area contributed by atoms with E-state index in [2.05, 4.69) is 20.1 Å². The molecule has 2 heterocycles. The lowest BCUT2D eigenvalue weighted by Gasteiger charge is -2.02. The molecule has 0 radical (unpaired) electrons. The van der Waals surface area contributed by atoms with Gasteiger partial charge in [-0.2, -0.15) is 8.42 Å². The number of hydrogen-bond donors (Lipinski definition) is 0. The maximum absolute atomic E-state index is 12.3.